The summed E-state index contributed by atoms with van der Waals surface area (Å²) in [6.07, 6.45) is 0. The van der Waals surface area contributed by atoms with E-state index in [-0.39, 0.29) is 18.5 Å². The quantitative estimate of drug-likeness (QED) is 0.732. The Hall–Kier alpha value is -1.01. The van der Waals surface area contributed by atoms with E-state index in [0.717, 1.165) is 24.2 Å². The molecule has 0 spiro atoms. The molecule has 5 heteroatoms. The number of hydrogen-bond acceptors (Lipinski definition) is 4. The van der Waals surface area contributed by atoms with Crippen molar-refractivity contribution in [1.29, 1.82) is 0 Å². The Morgan fingerprint density at radius 2 is 2.28 bits per heavy atom. The Labute approximate surface area is 106 Å². The van der Waals surface area contributed by atoms with Gasteiger partial charge in [-0.1, -0.05) is 6.07 Å². The molecule has 1 aromatic carbocycles. The van der Waals surface area contributed by atoms with E-state index in [9.17, 15) is 4.39 Å². The molecule has 0 fully saturated rings. The second-order valence-corrected chi connectivity index (χ2v) is 4.40. The van der Waals surface area contributed by atoms with E-state index in [0.29, 0.717) is 19.8 Å². The molecule has 2 rings (SSSR count). The first-order valence-corrected chi connectivity index (χ1v) is 6.17. The molecular formula is C13H19FN2O2. The standard InChI is InChI=1S/C13H19FN2O2/c14-11-2-1-10-9-16(3-5-18-6-4-17)13(8-15)12(10)7-11/h1-2,7,13,17H,3-6,8-9,15H2. The summed E-state index contributed by atoms with van der Waals surface area (Å²) in [6.45, 7) is 2.91. The van der Waals surface area contributed by atoms with Crippen LogP contribution in [-0.2, 0) is 11.3 Å². The fourth-order valence-corrected chi connectivity index (χ4v) is 2.41. The number of rotatable bonds is 6. The maximum Gasteiger partial charge on any atom is 0.123 e. The predicted octanol–water partition coefficient (Wildman–Crippen LogP) is 0.650. The summed E-state index contributed by atoms with van der Waals surface area (Å²) in [5.41, 5.74) is 7.89. The molecule has 1 unspecified atom stereocenters. The van der Waals surface area contributed by atoms with Gasteiger partial charge in [0.05, 0.1) is 19.8 Å². The number of hydrogen-bond donors (Lipinski definition) is 2. The highest BCUT2D eigenvalue weighted by Crippen LogP contribution is 2.32. The van der Waals surface area contributed by atoms with Crippen LogP contribution in [0.15, 0.2) is 18.2 Å². The van der Waals surface area contributed by atoms with Crippen molar-refractivity contribution in [2.24, 2.45) is 5.73 Å². The van der Waals surface area contributed by atoms with Crippen LogP contribution in [0.1, 0.15) is 17.2 Å². The minimum atomic E-state index is -0.217. The highest BCUT2D eigenvalue weighted by Gasteiger charge is 2.28. The fraction of sp³-hybridized carbons (Fsp3) is 0.538. The molecule has 0 amide bonds. The van der Waals surface area contributed by atoms with E-state index in [4.69, 9.17) is 15.6 Å². The van der Waals surface area contributed by atoms with Crippen LogP contribution >= 0.6 is 0 Å². The zero-order valence-corrected chi connectivity index (χ0v) is 10.3. The molecule has 0 saturated carbocycles. The molecule has 18 heavy (non-hydrogen) atoms. The minimum Gasteiger partial charge on any atom is -0.394 e. The van der Waals surface area contributed by atoms with Crippen molar-refractivity contribution in [2.45, 2.75) is 12.6 Å². The number of benzene rings is 1. The second-order valence-electron chi connectivity index (χ2n) is 4.40. The number of aliphatic hydroxyl groups is 1. The molecule has 1 heterocycles. The molecule has 1 atom stereocenters. The number of aliphatic hydroxyl groups excluding tert-OH is 1. The zero-order valence-electron chi connectivity index (χ0n) is 10.3. The number of fused-ring (bicyclic) bond motifs is 1. The van der Waals surface area contributed by atoms with E-state index in [1.807, 2.05) is 6.07 Å². The van der Waals surface area contributed by atoms with Crippen LogP contribution in [0.25, 0.3) is 0 Å². The highest BCUT2D eigenvalue weighted by atomic mass is 19.1. The molecule has 0 aromatic heterocycles. The molecule has 0 saturated heterocycles. The molecule has 100 valence electrons. The normalized spacial score (nSPS) is 19.2. The van der Waals surface area contributed by atoms with Gasteiger partial charge in [-0.3, -0.25) is 4.90 Å². The number of nitrogens with zero attached hydrogens (tertiary/aromatic N) is 1. The van der Waals surface area contributed by atoms with Gasteiger partial charge in [0.1, 0.15) is 5.82 Å². The fourth-order valence-electron chi connectivity index (χ4n) is 2.41. The van der Waals surface area contributed by atoms with Gasteiger partial charge in [-0.2, -0.15) is 0 Å². The van der Waals surface area contributed by atoms with Crippen molar-refractivity contribution in [1.82, 2.24) is 4.90 Å². The summed E-state index contributed by atoms with van der Waals surface area (Å²) in [5, 5.41) is 8.63. The van der Waals surface area contributed by atoms with Gasteiger partial charge < -0.3 is 15.6 Å². The maximum absolute atomic E-state index is 13.2. The molecule has 1 aliphatic heterocycles. The van der Waals surface area contributed by atoms with Crippen LogP contribution in [0.3, 0.4) is 0 Å². The Balaban J connectivity index is 1.99. The van der Waals surface area contributed by atoms with Gasteiger partial charge in [0.2, 0.25) is 0 Å². The first-order chi connectivity index (χ1) is 8.76. The zero-order chi connectivity index (χ0) is 13.0. The lowest BCUT2D eigenvalue weighted by molar-refractivity contribution is 0.0657. The van der Waals surface area contributed by atoms with E-state index in [2.05, 4.69) is 4.90 Å². The summed E-state index contributed by atoms with van der Waals surface area (Å²) in [4.78, 5) is 2.18. The molecular weight excluding hydrogens is 235 g/mol. The van der Waals surface area contributed by atoms with Crippen LogP contribution in [0, 0.1) is 5.82 Å². The van der Waals surface area contributed by atoms with Crippen LogP contribution in [0.2, 0.25) is 0 Å². The van der Waals surface area contributed by atoms with Gasteiger partial charge in [0.15, 0.2) is 0 Å². The third-order valence-corrected chi connectivity index (χ3v) is 3.26. The van der Waals surface area contributed by atoms with Crippen LogP contribution < -0.4 is 5.73 Å². The van der Waals surface area contributed by atoms with E-state index in [1.54, 1.807) is 6.07 Å². The van der Waals surface area contributed by atoms with Crippen LogP contribution in [0.4, 0.5) is 4.39 Å². The Morgan fingerprint density at radius 1 is 1.44 bits per heavy atom. The van der Waals surface area contributed by atoms with Crippen molar-refractivity contribution >= 4 is 0 Å². The summed E-state index contributed by atoms with van der Waals surface area (Å²) < 4.78 is 18.5. The topological polar surface area (TPSA) is 58.7 Å². The minimum absolute atomic E-state index is 0.0335. The van der Waals surface area contributed by atoms with Crippen molar-refractivity contribution in [2.75, 3.05) is 32.9 Å². The average molecular weight is 254 g/mol. The van der Waals surface area contributed by atoms with Crippen molar-refractivity contribution < 1.29 is 14.2 Å². The molecule has 1 aromatic rings. The van der Waals surface area contributed by atoms with Crippen molar-refractivity contribution in [3.63, 3.8) is 0 Å². The molecule has 4 nitrogen and oxygen atoms in total. The first-order valence-electron chi connectivity index (χ1n) is 6.17. The van der Waals surface area contributed by atoms with Gasteiger partial charge in [-0.15, -0.1) is 0 Å². The summed E-state index contributed by atoms with van der Waals surface area (Å²) >= 11 is 0. The molecule has 0 radical (unpaired) electrons. The molecule has 0 aliphatic carbocycles. The lowest BCUT2D eigenvalue weighted by atomic mass is 10.0. The van der Waals surface area contributed by atoms with Gasteiger partial charge in [0.25, 0.3) is 0 Å². The monoisotopic (exact) mass is 254 g/mol. The summed E-state index contributed by atoms with van der Waals surface area (Å²) in [5.74, 6) is -0.217. The lowest BCUT2D eigenvalue weighted by Crippen LogP contribution is -2.31. The smallest absolute Gasteiger partial charge is 0.123 e. The third-order valence-electron chi connectivity index (χ3n) is 3.26. The third kappa shape index (κ3) is 2.87. The Kier molecular flexibility index (Phi) is 4.66. The van der Waals surface area contributed by atoms with E-state index >= 15 is 0 Å². The second kappa shape index (κ2) is 6.24. The van der Waals surface area contributed by atoms with Gasteiger partial charge in [0, 0.05) is 25.7 Å². The lowest BCUT2D eigenvalue weighted by Gasteiger charge is -2.23. The maximum atomic E-state index is 13.2. The summed E-state index contributed by atoms with van der Waals surface area (Å²) in [7, 11) is 0. The predicted molar refractivity (Wildman–Crippen MR) is 66.5 cm³/mol. The first kappa shape index (κ1) is 13.4. The van der Waals surface area contributed by atoms with Crippen LogP contribution in [-0.4, -0.2) is 42.9 Å². The van der Waals surface area contributed by atoms with Crippen LogP contribution in [0.5, 0.6) is 0 Å². The SMILES string of the molecule is NCC1c2cc(F)ccc2CN1CCOCCO. The number of halogens is 1. The van der Waals surface area contributed by atoms with Crippen molar-refractivity contribution in [3.8, 4) is 0 Å². The number of nitrogens with two attached hydrogens (primary N) is 1. The largest absolute Gasteiger partial charge is 0.394 e. The van der Waals surface area contributed by atoms with Gasteiger partial charge >= 0.3 is 0 Å². The summed E-state index contributed by atoms with van der Waals surface area (Å²) in [6, 6.07) is 4.94. The molecule has 3 N–H and O–H groups in total. The Bertz CT molecular complexity index is 401. The number of ether oxygens (including phenoxy) is 1. The van der Waals surface area contributed by atoms with E-state index in [1.165, 1.54) is 6.07 Å². The highest BCUT2D eigenvalue weighted by molar-refractivity contribution is 5.34. The van der Waals surface area contributed by atoms with Crippen molar-refractivity contribution in [3.05, 3.63) is 35.1 Å². The van der Waals surface area contributed by atoms with Gasteiger partial charge in [-0.05, 0) is 23.3 Å². The molecule has 1 aliphatic rings. The van der Waals surface area contributed by atoms with E-state index < -0.39 is 0 Å². The Morgan fingerprint density at radius 3 is 3.00 bits per heavy atom. The molecule has 0 bridgehead atoms. The van der Waals surface area contributed by atoms with Gasteiger partial charge in [-0.25, -0.2) is 4.39 Å². The average Bonchev–Trinajstić information content (AvgIpc) is 2.71.